The molecule has 0 radical (unpaired) electrons. The van der Waals surface area contributed by atoms with Crippen LogP contribution < -0.4 is 11.5 Å². The van der Waals surface area contributed by atoms with Crippen molar-refractivity contribution in [3.8, 4) is 0 Å². The molecular weight excluding hydrogens is 214 g/mol. The summed E-state index contributed by atoms with van der Waals surface area (Å²) in [5.74, 6) is 0.190. The van der Waals surface area contributed by atoms with Gasteiger partial charge >= 0.3 is 0 Å². The molecule has 3 fully saturated rings. The molecule has 2 aromatic rings. The fraction of sp³-hybridized carbons (Fsp3) is 0.500. The lowest BCUT2D eigenvalue weighted by Crippen LogP contribution is -2.86. The quantitative estimate of drug-likeness (QED) is 0.738. The fourth-order valence-electron chi connectivity index (χ4n) is 3.72. The molecule has 3 aliphatic rings. The summed E-state index contributed by atoms with van der Waals surface area (Å²) in [4.78, 5) is 4.49. The Morgan fingerprint density at radius 3 is 2.71 bits per heavy atom. The first-order valence-electron chi connectivity index (χ1n) is 5.91. The van der Waals surface area contributed by atoms with Gasteiger partial charge in [-0.3, -0.25) is 4.98 Å². The number of rotatable bonds is 1. The zero-order valence-corrected chi connectivity index (χ0v) is 9.72. The molecule has 0 aliphatic heterocycles. The zero-order valence-electron chi connectivity index (χ0n) is 9.72. The van der Waals surface area contributed by atoms with Crippen molar-refractivity contribution in [3.63, 3.8) is 0 Å². The maximum absolute atomic E-state index is 6.30. The Labute approximate surface area is 98.8 Å². The normalized spacial score (nSPS) is 38.9. The fourth-order valence-corrected chi connectivity index (χ4v) is 3.72. The van der Waals surface area contributed by atoms with Crippen molar-refractivity contribution in [1.82, 2.24) is 14.6 Å². The molecule has 2 aromatic heterocycles. The van der Waals surface area contributed by atoms with Crippen LogP contribution in [-0.4, -0.2) is 25.7 Å². The first-order chi connectivity index (χ1) is 8.02. The molecule has 4 N–H and O–H groups in total. The highest BCUT2D eigenvalue weighted by atomic mass is 15.2. The largest absolute Gasteiger partial charge is 0.324 e. The molecule has 2 heterocycles. The van der Waals surface area contributed by atoms with Crippen LogP contribution in [-0.2, 0) is 0 Å². The Bertz CT molecular complexity index is 609. The molecule has 0 amide bonds. The van der Waals surface area contributed by atoms with E-state index in [4.69, 9.17) is 11.5 Å². The Hall–Kier alpha value is -1.46. The van der Waals surface area contributed by atoms with Gasteiger partial charge in [0.15, 0.2) is 0 Å². The summed E-state index contributed by atoms with van der Waals surface area (Å²) < 4.78 is 1.86. The molecule has 0 aromatic carbocycles. The van der Waals surface area contributed by atoms with Crippen LogP contribution in [0, 0.1) is 6.92 Å². The van der Waals surface area contributed by atoms with E-state index in [0.29, 0.717) is 0 Å². The van der Waals surface area contributed by atoms with E-state index >= 15 is 0 Å². The van der Waals surface area contributed by atoms with Crippen LogP contribution in [0.5, 0.6) is 0 Å². The van der Waals surface area contributed by atoms with E-state index in [-0.39, 0.29) is 17.0 Å². The number of aromatic nitrogens is 3. The molecule has 5 nitrogen and oxygen atoms in total. The molecule has 3 aliphatic carbocycles. The predicted octanol–water partition coefficient (Wildman–Crippen LogP) is 0.324. The Balaban J connectivity index is 1.92. The highest BCUT2D eigenvalue weighted by Crippen LogP contribution is 2.66. The second-order valence-electron chi connectivity index (χ2n) is 5.68. The smallest absolute Gasteiger partial charge is 0.0884 e. The predicted molar refractivity (Wildman–Crippen MR) is 63.5 cm³/mol. The van der Waals surface area contributed by atoms with E-state index in [9.17, 15) is 0 Å². The lowest BCUT2D eigenvalue weighted by Gasteiger charge is -2.73. The van der Waals surface area contributed by atoms with Crippen molar-refractivity contribution in [2.45, 2.75) is 36.8 Å². The topological polar surface area (TPSA) is 82.2 Å². The molecule has 0 saturated heterocycles. The first-order valence-corrected chi connectivity index (χ1v) is 5.91. The number of hydrogen-bond donors (Lipinski definition) is 2. The van der Waals surface area contributed by atoms with Crippen LogP contribution in [0.15, 0.2) is 18.5 Å². The van der Waals surface area contributed by atoms with Gasteiger partial charge < -0.3 is 11.5 Å². The average molecular weight is 229 g/mol. The number of nitrogens with two attached hydrogens (primary N) is 2. The highest BCUT2D eigenvalue weighted by Gasteiger charge is 2.73. The molecular formula is C12H15N5. The molecule has 5 rings (SSSR count). The van der Waals surface area contributed by atoms with Gasteiger partial charge in [0.2, 0.25) is 0 Å². The van der Waals surface area contributed by atoms with Crippen LogP contribution >= 0.6 is 0 Å². The molecule has 3 saturated carbocycles. The number of fused-ring (bicyclic) bond motifs is 1. The first kappa shape index (κ1) is 9.56. The number of nitrogens with zero attached hydrogens (tertiary/aromatic N) is 3. The number of hydrogen-bond acceptors (Lipinski definition) is 4. The van der Waals surface area contributed by atoms with Crippen LogP contribution in [0.4, 0.5) is 0 Å². The molecule has 5 heteroatoms. The molecule has 88 valence electrons. The van der Waals surface area contributed by atoms with E-state index in [1.54, 1.807) is 6.20 Å². The molecule has 2 bridgehead atoms. The maximum Gasteiger partial charge on any atom is 0.0884 e. The summed E-state index contributed by atoms with van der Waals surface area (Å²) >= 11 is 0. The second kappa shape index (κ2) is 2.52. The standard InChI is InChI=1S/C12H15N5/c1-7-4-8-9(15-2-3-17(8)16-7)10-11(13)5-12(10,14)6-11/h2-4,10H,5-6,13-14H2,1H3. The van der Waals surface area contributed by atoms with E-state index in [1.165, 1.54) is 0 Å². The van der Waals surface area contributed by atoms with Gasteiger partial charge in [-0.25, -0.2) is 4.52 Å². The minimum absolute atomic E-state index is 0.123. The highest BCUT2D eigenvalue weighted by molar-refractivity contribution is 5.59. The summed E-state index contributed by atoms with van der Waals surface area (Å²) in [5, 5.41) is 4.39. The zero-order chi connectivity index (χ0) is 11.8. The summed E-state index contributed by atoms with van der Waals surface area (Å²) in [7, 11) is 0. The van der Waals surface area contributed by atoms with E-state index < -0.39 is 0 Å². The Morgan fingerprint density at radius 1 is 1.35 bits per heavy atom. The Kier molecular flexibility index (Phi) is 1.42. The van der Waals surface area contributed by atoms with Gasteiger partial charge in [-0.1, -0.05) is 0 Å². The van der Waals surface area contributed by atoms with Crippen molar-refractivity contribution in [1.29, 1.82) is 0 Å². The van der Waals surface area contributed by atoms with Crippen LogP contribution in [0.2, 0.25) is 0 Å². The van der Waals surface area contributed by atoms with Gasteiger partial charge in [0.25, 0.3) is 0 Å². The SMILES string of the molecule is Cc1cc2c(C3C4(N)CC3(N)C4)nccn2n1. The van der Waals surface area contributed by atoms with Gasteiger partial charge in [-0.15, -0.1) is 0 Å². The summed E-state index contributed by atoms with van der Waals surface area (Å²) in [6, 6.07) is 2.05. The summed E-state index contributed by atoms with van der Waals surface area (Å²) in [5.41, 5.74) is 15.4. The van der Waals surface area contributed by atoms with Crippen molar-refractivity contribution >= 4 is 5.52 Å². The van der Waals surface area contributed by atoms with Crippen molar-refractivity contribution < 1.29 is 0 Å². The maximum atomic E-state index is 6.30. The third-order valence-corrected chi connectivity index (χ3v) is 4.28. The van der Waals surface area contributed by atoms with E-state index in [2.05, 4.69) is 10.1 Å². The van der Waals surface area contributed by atoms with E-state index in [0.717, 1.165) is 29.7 Å². The molecule has 0 atom stereocenters. The second-order valence-corrected chi connectivity index (χ2v) is 5.68. The molecule has 17 heavy (non-hydrogen) atoms. The van der Waals surface area contributed by atoms with Gasteiger partial charge in [-0.2, -0.15) is 5.10 Å². The van der Waals surface area contributed by atoms with Crippen LogP contribution in [0.1, 0.15) is 30.1 Å². The van der Waals surface area contributed by atoms with Gasteiger partial charge in [0, 0.05) is 29.4 Å². The lowest BCUT2D eigenvalue weighted by atomic mass is 9.37. The third kappa shape index (κ3) is 0.970. The van der Waals surface area contributed by atoms with Crippen LogP contribution in [0.3, 0.4) is 0 Å². The van der Waals surface area contributed by atoms with Gasteiger partial charge in [0.1, 0.15) is 0 Å². The summed E-state index contributed by atoms with van der Waals surface area (Å²) in [6.45, 7) is 1.98. The van der Waals surface area contributed by atoms with Crippen molar-refractivity contribution in [2.24, 2.45) is 11.5 Å². The molecule has 0 spiro atoms. The third-order valence-electron chi connectivity index (χ3n) is 4.28. The number of aryl methyl sites for hydroxylation is 1. The van der Waals surface area contributed by atoms with E-state index in [1.807, 2.05) is 23.7 Å². The molecule has 0 unspecified atom stereocenters. The van der Waals surface area contributed by atoms with Crippen molar-refractivity contribution in [2.75, 3.05) is 0 Å². The monoisotopic (exact) mass is 229 g/mol. The summed E-state index contributed by atoms with van der Waals surface area (Å²) in [6.07, 6.45) is 5.47. The van der Waals surface area contributed by atoms with Gasteiger partial charge in [-0.05, 0) is 25.8 Å². The van der Waals surface area contributed by atoms with Gasteiger partial charge in [0.05, 0.1) is 16.9 Å². The lowest BCUT2D eigenvalue weighted by molar-refractivity contribution is -0.0871. The minimum atomic E-state index is -0.123. The van der Waals surface area contributed by atoms with Crippen LogP contribution in [0.25, 0.3) is 5.52 Å². The average Bonchev–Trinajstić information content (AvgIpc) is 2.57. The Morgan fingerprint density at radius 2 is 2.06 bits per heavy atom. The van der Waals surface area contributed by atoms with Crippen molar-refractivity contribution in [3.05, 3.63) is 29.8 Å². The minimum Gasteiger partial charge on any atom is -0.324 e.